The second-order valence-electron chi connectivity index (χ2n) is 6.03. The van der Waals surface area contributed by atoms with Crippen molar-refractivity contribution in [1.82, 2.24) is 4.31 Å². The summed E-state index contributed by atoms with van der Waals surface area (Å²) >= 11 is 0. The van der Waals surface area contributed by atoms with Gasteiger partial charge in [-0.25, -0.2) is 12.8 Å². The fourth-order valence-corrected chi connectivity index (χ4v) is 5.71. The number of halogens is 1. The minimum atomic E-state index is -3.85. The van der Waals surface area contributed by atoms with Crippen LogP contribution in [0.3, 0.4) is 0 Å². The maximum atomic E-state index is 14.0. The lowest BCUT2D eigenvalue weighted by Gasteiger charge is -2.29. The summed E-state index contributed by atoms with van der Waals surface area (Å²) in [7, 11) is -3.85. The summed E-state index contributed by atoms with van der Waals surface area (Å²) in [5, 5.41) is 0. The third-order valence-corrected chi connectivity index (χ3v) is 6.77. The third kappa shape index (κ3) is 2.55. The molecular formula is C15H21FN2O2S. The molecule has 1 aliphatic heterocycles. The van der Waals surface area contributed by atoms with E-state index in [0.717, 1.165) is 44.6 Å². The molecule has 0 bridgehead atoms. The Labute approximate surface area is 125 Å². The van der Waals surface area contributed by atoms with Crippen molar-refractivity contribution in [1.29, 1.82) is 0 Å². The van der Waals surface area contributed by atoms with Crippen LogP contribution in [0, 0.1) is 11.7 Å². The van der Waals surface area contributed by atoms with Crippen LogP contribution in [0.25, 0.3) is 0 Å². The van der Waals surface area contributed by atoms with Crippen LogP contribution in [0.1, 0.15) is 38.5 Å². The number of nitrogens with zero attached hydrogens (tertiary/aromatic N) is 1. The van der Waals surface area contributed by atoms with E-state index in [4.69, 9.17) is 5.73 Å². The average Bonchev–Trinajstić information content (AvgIpc) is 3.09. The summed E-state index contributed by atoms with van der Waals surface area (Å²) in [6.45, 7) is 0.470. The fourth-order valence-electron chi connectivity index (χ4n) is 3.79. The van der Waals surface area contributed by atoms with Crippen LogP contribution >= 0.6 is 0 Å². The average molecular weight is 312 g/mol. The van der Waals surface area contributed by atoms with E-state index >= 15 is 0 Å². The molecule has 3 rings (SSSR count). The van der Waals surface area contributed by atoms with Crippen molar-refractivity contribution in [3.63, 3.8) is 0 Å². The molecule has 1 heterocycles. The molecule has 1 aliphatic carbocycles. The molecule has 116 valence electrons. The van der Waals surface area contributed by atoms with Gasteiger partial charge in [0.25, 0.3) is 0 Å². The van der Waals surface area contributed by atoms with Crippen molar-refractivity contribution in [3.8, 4) is 0 Å². The molecule has 1 aromatic rings. The lowest BCUT2D eigenvalue weighted by atomic mass is 9.97. The zero-order valence-electron chi connectivity index (χ0n) is 12.0. The van der Waals surface area contributed by atoms with E-state index in [0.29, 0.717) is 12.5 Å². The normalized spacial score (nSPS) is 24.7. The highest BCUT2D eigenvalue weighted by Gasteiger charge is 2.41. The number of rotatable bonds is 3. The molecule has 1 saturated carbocycles. The van der Waals surface area contributed by atoms with Crippen LogP contribution in [0.15, 0.2) is 23.1 Å². The Balaban J connectivity index is 1.97. The van der Waals surface area contributed by atoms with Gasteiger partial charge in [0.05, 0.1) is 5.69 Å². The molecule has 6 heteroatoms. The van der Waals surface area contributed by atoms with E-state index in [-0.39, 0.29) is 16.6 Å². The lowest BCUT2D eigenvalue weighted by Crippen LogP contribution is -2.40. The Morgan fingerprint density at radius 2 is 1.86 bits per heavy atom. The molecule has 1 aromatic carbocycles. The number of sulfonamides is 1. The Kier molecular flexibility index (Phi) is 3.92. The quantitative estimate of drug-likeness (QED) is 0.873. The fraction of sp³-hybridized carbons (Fsp3) is 0.600. The van der Waals surface area contributed by atoms with Crippen molar-refractivity contribution in [2.75, 3.05) is 12.3 Å². The number of benzene rings is 1. The van der Waals surface area contributed by atoms with Gasteiger partial charge in [0, 0.05) is 12.6 Å². The zero-order chi connectivity index (χ0) is 15.0. The highest BCUT2D eigenvalue weighted by atomic mass is 32.2. The second-order valence-corrected chi connectivity index (χ2v) is 7.86. The minimum absolute atomic E-state index is 0.00734. The van der Waals surface area contributed by atoms with Crippen molar-refractivity contribution < 1.29 is 12.8 Å². The largest absolute Gasteiger partial charge is 0.398 e. The van der Waals surface area contributed by atoms with Crippen LogP contribution in [-0.2, 0) is 10.0 Å². The van der Waals surface area contributed by atoms with Gasteiger partial charge >= 0.3 is 0 Å². The SMILES string of the molecule is Nc1cccc(F)c1S(=O)(=O)N1CCCC1C1CCCC1. The Morgan fingerprint density at radius 3 is 2.52 bits per heavy atom. The molecule has 2 aliphatic rings. The van der Waals surface area contributed by atoms with Gasteiger partial charge in [0.2, 0.25) is 10.0 Å². The van der Waals surface area contributed by atoms with Crippen molar-refractivity contribution in [2.45, 2.75) is 49.5 Å². The first-order valence-electron chi connectivity index (χ1n) is 7.57. The predicted molar refractivity (Wildman–Crippen MR) is 79.7 cm³/mol. The monoisotopic (exact) mass is 312 g/mol. The predicted octanol–water partition coefficient (Wildman–Crippen LogP) is 2.75. The summed E-state index contributed by atoms with van der Waals surface area (Å²) in [6, 6.07) is 4.04. The minimum Gasteiger partial charge on any atom is -0.398 e. The van der Waals surface area contributed by atoms with Crippen molar-refractivity contribution in [3.05, 3.63) is 24.0 Å². The number of anilines is 1. The van der Waals surface area contributed by atoms with Gasteiger partial charge in [-0.3, -0.25) is 0 Å². The summed E-state index contributed by atoms with van der Waals surface area (Å²) in [5.74, 6) is -0.345. The molecule has 1 saturated heterocycles. The topological polar surface area (TPSA) is 63.4 Å². The second kappa shape index (κ2) is 5.57. The molecule has 21 heavy (non-hydrogen) atoms. The van der Waals surface area contributed by atoms with Gasteiger partial charge in [-0.2, -0.15) is 4.31 Å². The lowest BCUT2D eigenvalue weighted by molar-refractivity contribution is 0.287. The summed E-state index contributed by atoms with van der Waals surface area (Å²) < 4.78 is 41.2. The number of nitrogen functional groups attached to an aromatic ring is 1. The van der Waals surface area contributed by atoms with Gasteiger partial charge in [0.15, 0.2) is 0 Å². The first-order valence-corrected chi connectivity index (χ1v) is 9.01. The molecule has 4 nitrogen and oxygen atoms in total. The Hall–Kier alpha value is -1.14. The van der Waals surface area contributed by atoms with Gasteiger partial charge in [-0.05, 0) is 43.7 Å². The molecule has 0 radical (unpaired) electrons. The van der Waals surface area contributed by atoms with E-state index in [1.54, 1.807) is 0 Å². The summed E-state index contributed by atoms with van der Waals surface area (Å²) in [6.07, 6.45) is 6.19. The first kappa shape index (κ1) is 14.8. The summed E-state index contributed by atoms with van der Waals surface area (Å²) in [4.78, 5) is -0.352. The van der Waals surface area contributed by atoms with E-state index in [1.807, 2.05) is 0 Å². The maximum Gasteiger partial charge on any atom is 0.248 e. The molecule has 2 fully saturated rings. The molecule has 2 N–H and O–H groups in total. The van der Waals surface area contributed by atoms with Gasteiger partial charge in [0.1, 0.15) is 10.7 Å². The van der Waals surface area contributed by atoms with E-state index in [1.165, 1.54) is 16.4 Å². The van der Waals surface area contributed by atoms with Crippen LogP contribution in [0.5, 0.6) is 0 Å². The van der Waals surface area contributed by atoms with Crippen LogP contribution < -0.4 is 5.73 Å². The third-order valence-electron chi connectivity index (χ3n) is 4.76. The van der Waals surface area contributed by atoms with E-state index < -0.39 is 15.8 Å². The molecular weight excluding hydrogens is 291 g/mol. The zero-order valence-corrected chi connectivity index (χ0v) is 12.8. The van der Waals surface area contributed by atoms with Crippen LogP contribution in [-0.4, -0.2) is 25.3 Å². The molecule has 0 aromatic heterocycles. The van der Waals surface area contributed by atoms with Gasteiger partial charge in [-0.15, -0.1) is 0 Å². The molecule has 1 atom stereocenters. The van der Waals surface area contributed by atoms with Crippen molar-refractivity contribution >= 4 is 15.7 Å². The Morgan fingerprint density at radius 1 is 1.14 bits per heavy atom. The number of hydrogen-bond acceptors (Lipinski definition) is 3. The smallest absolute Gasteiger partial charge is 0.248 e. The van der Waals surface area contributed by atoms with Gasteiger partial charge < -0.3 is 5.73 Å². The molecule has 0 spiro atoms. The molecule has 0 amide bonds. The molecule has 1 unspecified atom stereocenters. The maximum absolute atomic E-state index is 14.0. The highest BCUT2D eigenvalue weighted by molar-refractivity contribution is 7.89. The standard InChI is InChI=1S/C15H21FN2O2S/c16-12-7-3-8-13(17)15(12)21(19,20)18-10-4-9-14(18)11-5-1-2-6-11/h3,7-8,11,14H,1-2,4-6,9-10,17H2. The van der Waals surface area contributed by atoms with Crippen LogP contribution in [0.2, 0.25) is 0 Å². The van der Waals surface area contributed by atoms with E-state index in [2.05, 4.69) is 0 Å². The van der Waals surface area contributed by atoms with Crippen LogP contribution in [0.4, 0.5) is 10.1 Å². The van der Waals surface area contributed by atoms with Crippen molar-refractivity contribution in [2.24, 2.45) is 5.92 Å². The Bertz CT molecular complexity index is 606. The van der Waals surface area contributed by atoms with E-state index in [9.17, 15) is 12.8 Å². The summed E-state index contributed by atoms with van der Waals surface area (Å²) in [5.41, 5.74) is 5.72. The number of nitrogens with two attached hydrogens (primary N) is 1. The van der Waals surface area contributed by atoms with Gasteiger partial charge in [-0.1, -0.05) is 18.9 Å². The first-order chi connectivity index (χ1) is 10.0. The highest BCUT2D eigenvalue weighted by Crippen LogP contribution is 2.39. The number of hydrogen-bond donors (Lipinski definition) is 1.